The lowest BCUT2D eigenvalue weighted by molar-refractivity contribution is 1.19. The van der Waals surface area contributed by atoms with Crippen molar-refractivity contribution in [1.29, 1.82) is 0 Å². The molecule has 0 spiro atoms. The fourth-order valence-corrected chi connectivity index (χ4v) is 1.75. The molecule has 0 saturated carbocycles. The highest BCUT2D eigenvalue weighted by Crippen LogP contribution is 2.23. The molecular weight excluding hydrogens is 282 g/mol. The second kappa shape index (κ2) is 4.58. The van der Waals surface area contributed by atoms with E-state index in [-0.39, 0.29) is 5.95 Å². The van der Waals surface area contributed by atoms with E-state index in [4.69, 9.17) is 11.5 Å². The fraction of sp³-hybridized carbons (Fsp3) is 0.0909. The Morgan fingerprint density at radius 2 is 1.94 bits per heavy atom. The van der Waals surface area contributed by atoms with E-state index in [2.05, 4.69) is 31.2 Å². The third kappa shape index (κ3) is 2.85. The molecule has 0 fully saturated rings. The molecule has 0 amide bonds. The first-order valence-electron chi connectivity index (χ1n) is 4.98. The van der Waals surface area contributed by atoms with Crippen LogP contribution in [0.2, 0.25) is 0 Å². The number of benzene rings is 1. The Balaban J connectivity index is 2.28. The van der Waals surface area contributed by atoms with Crippen molar-refractivity contribution < 1.29 is 0 Å². The highest BCUT2D eigenvalue weighted by molar-refractivity contribution is 9.10. The predicted octanol–water partition coefficient (Wildman–Crippen LogP) is 2.46. The summed E-state index contributed by atoms with van der Waals surface area (Å²) in [5, 5.41) is 3.11. The molecule has 5 nitrogen and oxygen atoms in total. The van der Waals surface area contributed by atoms with Crippen molar-refractivity contribution in [3.63, 3.8) is 0 Å². The summed E-state index contributed by atoms with van der Waals surface area (Å²) in [5.41, 5.74) is 13.2. The van der Waals surface area contributed by atoms with Gasteiger partial charge in [0.1, 0.15) is 11.6 Å². The summed E-state index contributed by atoms with van der Waals surface area (Å²) in [4.78, 5) is 7.84. The van der Waals surface area contributed by atoms with Crippen LogP contribution >= 0.6 is 15.9 Å². The number of hydrogen-bond donors (Lipinski definition) is 3. The average Bonchev–Trinajstić information content (AvgIpc) is 2.22. The topological polar surface area (TPSA) is 89.8 Å². The summed E-state index contributed by atoms with van der Waals surface area (Å²) in [5.74, 6) is 1.07. The van der Waals surface area contributed by atoms with Gasteiger partial charge in [-0.05, 0) is 24.6 Å². The third-order valence-corrected chi connectivity index (χ3v) is 3.06. The first kappa shape index (κ1) is 11.7. The lowest BCUT2D eigenvalue weighted by Crippen LogP contribution is -2.02. The number of aromatic nitrogens is 2. The molecule has 2 aromatic rings. The van der Waals surface area contributed by atoms with Gasteiger partial charge in [0.05, 0.1) is 0 Å². The van der Waals surface area contributed by atoms with Crippen molar-refractivity contribution in [2.45, 2.75) is 6.92 Å². The van der Waals surface area contributed by atoms with E-state index in [0.717, 1.165) is 15.7 Å². The summed E-state index contributed by atoms with van der Waals surface area (Å²) in [6, 6.07) is 7.54. The van der Waals surface area contributed by atoms with Crippen molar-refractivity contribution in [3.8, 4) is 0 Å². The van der Waals surface area contributed by atoms with Crippen molar-refractivity contribution in [1.82, 2.24) is 9.97 Å². The number of nitrogens with zero attached hydrogens (tertiary/aromatic N) is 2. The van der Waals surface area contributed by atoms with Gasteiger partial charge >= 0.3 is 0 Å². The molecule has 0 aliphatic heterocycles. The molecule has 5 N–H and O–H groups in total. The molecule has 88 valence electrons. The number of halogens is 1. The Morgan fingerprint density at radius 3 is 2.59 bits per heavy atom. The maximum atomic E-state index is 5.59. The zero-order chi connectivity index (χ0) is 12.4. The number of hydrogen-bond acceptors (Lipinski definition) is 5. The molecule has 6 heteroatoms. The van der Waals surface area contributed by atoms with Crippen LogP contribution in [0.15, 0.2) is 28.7 Å². The number of rotatable bonds is 2. The second-order valence-corrected chi connectivity index (χ2v) is 4.48. The second-order valence-electron chi connectivity index (χ2n) is 3.63. The van der Waals surface area contributed by atoms with Crippen LogP contribution in [0.4, 0.5) is 23.3 Å². The molecule has 0 aliphatic carbocycles. The standard InChI is InChI=1S/C11H12BrN5/c1-6-2-3-7(4-8(6)12)15-10-5-9(13)16-11(14)17-10/h2-5H,1H3,(H5,13,14,15,16,17). The molecule has 0 radical (unpaired) electrons. The molecule has 1 aromatic heterocycles. The van der Waals surface area contributed by atoms with Crippen molar-refractivity contribution in [3.05, 3.63) is 34.3 Å². The minimum absolute atomic E-state index is 0.152. The van der Waals surface area contributed by atoms with Crippen LogP contribution in [-0.2, 0) is 0 Å². The van der Waals surface area contributed by atoms with Crippen LogP contribution < -0.4 is 16.8 Å². The van der Waals surface area contributed by atoms with E-state index in [0.29, 0.717) is 11.6 Å². The van der Waals surface area contributed by atoms with Gasteiger partial charge in [-0.3, -0.25) is 0 Å². The van der Waals surface area contributed by atoms with Crippen molar-refractivity contribution in [2.24, 2.45) is 0 Å². The molecule has 0 aliphatic rings. The molecule has 17 heavy (non-hydrogen) atoms. The van der Waals surface area contributed by atoms with Gasteiger partial charge in [0.2, 0.25) is 5.95 Å². The monoisotopic (exact) mass is 293 g/mol. The summed E-state index contributed by atoms with van der Waals surface area (Å²) >= 11 is 3.47. The fourth-order valence-electron chi connectivity index (χ4n) is 1.37. The maximum absolute atomic E-state index is 5.59. The van der Waals surface area contributed by atoms with Gasteiger partial charge in [-0.1, -0.05) is 22.0 Å². The predicted molar refractivity (Wildman–Crippen MR) is 73.0 cm³/mol. The zero-order valence-corrected chi connectivity index (χ0v) is 10.8. The molecule has 1 aromatic carbocycles. The van der Waals surface area contributed by atoms with Gasteiger partial charge < -0.3 is 16.8 Å². The van der Waals surface area contributed by atoms with Crippen LogP contribution in [-0.4, -0.2) is 9.97 Å². The molecule has 1 heterocycles. The normalized spacial score (nSPS) is 10.2. The van der Waals surface area contributed by atoms with E-state index in [9.17, 15) is 0 Å². The zero-order valence-electron chi connectivity index (χ0n) is 9.24. The van der Waals surface area contributed by atoms with Crippen LogP contribution in [0.25, 0.3) is 0 Å². The quantitative estimate of drug-likeness (QED) is 0.791. The number of aryl methyl sites for hydroxylation is 1. The Bertz CT molecular complexity index is 535. The Kier molecular flexibility index (Phi) is 3.14. The highest BCUT2D eigenvalue weighted by atomic mass is 79.9. The van der Waals surface area contributed by atoms with Crippen LogP contribution in [0.1, 0.15) is 5.56 Å². The maximum Gasteiger partial charge on any atom is 0.223 e. The number of nitrogens with one attached hydrogen (secondary N) is 1. The van der Waals surface area contributed by atoms with E-state index in [1.54, 1.807) is 6.07 Å². The third-order valence-electron chi connectivity index (χ3n) is 2.21. The SMILES string of the molecule is Cc1ccc(Nc2cc(N)nc(N)n2)cc1Br. The lowest BCUT2D eigenvalue weighted by Gasteiger charge is -2.08. The Morgan fingerprint density at radius 1 is 1.18 bits per heavy atom. The largest absolute Gasteiger partial charge is 0.383 e. The van der Waals surface area contributed by atoms with E-state index >= 15 is 0 Å². The van der Waals surface area contributed by atoms with Gasteiger partial charge in [-0.25, -0.2) is 0 Å². The molecule has 0 atom stereocenters. The lowest BCUT2D eigenvalue weighted by atomic mass is 10.2. The van der Waals surface area contributed by atoms with Gasteiger partial charge in [0, 0.05) is 16.2 Å². The van der Waals surface area contributed by atoms with Crippen molar-refractivity contribution >= 4 is 39.2 Å². The molecular formula is C11H12BrN5. The summed E-state index contributed by atoms with van der Waals surface area (Å²) in [6.07, 6.45) is 0. The van der Waals surface area contributed by atoms with Crippen LogP contribution in [0, 0.1) is 6.92 Å². The summed E-state index contributed by atoms with van der Waals surface area (Å²) in [7, 11) is 0. The summed E-state index contributed by atoms with van der Waals surface area (Å²) in [6.45, 7) is 2.02. The minimum atomic E-state index is 0.152. The van der Waals surface area contributed by atoms with Gasteiger partial charge in [0.15, 0.2) is 0 Å². The van der Waals surface area contributed by atoms with Crippen LogP contribution in [0.3, 0.4) is 0 Å². The van der Waals surface area contributed by atoms with Crippen molar-refractivity contribution in [2.75, 3.05) is 16.8 Å². The smallest absolute Gasteiger partial charge is 0.223 e. The van der Waals surface area contributed by atoms with E-state index in [1.165, 1.54) is 0 Å². The number of nitrogens with two attached hydrogens (primary N) is 2. The van der Waals surface area contributed by atoms with Gasteiger partial charge in [-0.15, -0.1) is 0 Å². The first-order valence-corrected chi connectivity index (χ1v) is 5.77. The number of nitrogen functional groups attached to an aromatic ring is 2. The van der Waals surface area contributed by atoms with E-state index in [1.807, 2.05) is 25.1 Å². The molecule has 0 unspecified atom stereocenters. The number of anilines is 4. The first-order chi connectivity index (χ1) is 8.04. The Hall–Kier alpha value is -1.82. The van der Waals surface area contributed by atoms with Crippen LogP contribution in [0.5, 0.6) is 0 Å². The van der Waals surface area contributed by atoms with Gasteiger partial charge in [-0.2, -0.15) is 9.97 Å². The van der Waals surface area contributed by atoms with Gasteiger partial charge in [0.25, 0.3) is 0 Å². The van der Waals surface area contributed by atoms with E-state index < -0.39 is 0 Å². The molecule has 0 saturated heterocycles. The highest BCUT2D eigenvalue weighted by Gasteiger charge is 2.02. The molecule has 2 rings (SSSR count). The minimum Gasteiger partial charge on any atom is -0.383 e. The Labute approximate surface area is 107 Å². The molecule has 0 bridgehead atoms. The summed E-state index contributed by atoms with van der Waals surface area (Å²) < 4.78 is 1.03. The average molecular weight is 294 g/mol.